The molecule has 1 saturated heterocycles. The van der Waals surface area contributed by atoms with Gasteiger partial charge in [-0.3, -0.25) is 4.79 Å². The molecule has 2 aromatic rings. The lowest BCUT2D eigenvalue weighted by molar-refractivity contribution is 0.0642. The van der Waals surface area contributed by atoms with Gasteiger partial charge in [0.15, 0.2) is 0 Å². The summed E-state index contributed by atoms with van der Waals surface area (Å²) >= 11 is 0. The Morgan fingerprint density at radius 1 is 1.15 bits per heavy atom. The number of carbonyl (C=O) groups is 1. The monoisotopic (exact) mass is 366 g/mol. The van der Waals surface area contributed by atoms with Gasteiger partial charge in [-0.15, -0.1) is 0 Å². The van der Waals surface area contributed by atoms with Gasteiger partial charge in [0, 0.05) is 37.3 Å². The largest absolute Gasteiger partial charge is 0.399 e. The van der Waals surface area contributed by atoms with E-state index < -0.39 is 0 Å². The predicted octanol–water partition coefficient (Wildman–Crippen LogP) is 3.44. The van der Waals surface area contributed by atoms with Crippen LogP contribution < -0.4 is 16.4 Å². The van der Waals surface area contributed by atoms with Gasteiger partial charge in [0.05, 0.1) is 5.56 Å². The van der Waals surface area contributed by atoms with E-state index in [2.05, 4.69) is 15.6 Å². The second-order valence-electron chi connectivity index (χ2n) is 7.44. The second-order valence-corrected chi connectivity index (χ2v) is 7.44. The zero-order valence-electron chi connectivity index (χ0n) is 15.4. The predicted molar refractivity (Wildman–Crippen MR) is 106 cm³/mol. The number of nitrogens with zero attached hydrogens (tertiary/aromatic N) is 1. The molecule has 142 valence electrons. The van der Waals surface area contributed by atoms with E-state index in [9.17, 15) is 4.79 Å². The summed E-state index contributed by atoms with van der Waals surface area (Å²) in [7, 11) is 0. The molecule has 0 bridgehead atoms. The Morgan fingerprint density at radius 3 is 2.59 bits per heavy atom. The van der Waals surface area contributed by atoms with Crippen LogP contribution in [0, 0.1) is 5.92 Å². The van der Waals surface area contributed by atoms with Crippen molar-refractivity contribution in [3.05, 3.63) is 47.7 Å². The summed E-state index contributed by atoms with van der Waals surface area (Å²) in [5, 5.41) is 6.39. The summed E-state index contributed by atoms with van der Waals surface area (Å²) < 4.78 is 5.38. The normalized spacial score (nSPS) is 17.5. The summed E-state index contributed by atoms with van der Waals surface area (Å²) in [5.41, 5.74) is 9.18. The van der Waals surface area contributed by atoms with E-state index in [1.165, 1.54) is 0 Å². The Morgan fingerprint density at radius 2 is 1.89 bits per heavy atom. The van der Waals surface area contributed by atoms with Crippen molar-refractivity contribution >= 4 is 23.1 Å². The number of pyridine rings is 1. The lowest BCUT2D eigenvalue weighted by Gasteiger charge is -2.22. The lowest BCUT2D eigenvalue weighted by Crippen LogP contribution is -2.32. The molecule has 2 fully saturated rings. The average Bonchev–Trinajstić information content (AvgIpc) is 3.54. The highest BCUT2D eigenvalue weighted by atomic mass is 16.5. The number of nitrogens with one attached hydrogen (secondary N) is 2. The number of amides is 1. The highest BCUT2D eigenvalue weighted by molar-refractivity contribution is 5.96. The summed E-state index contributed by atoms with van der Waals surface area (Å²) in [6.07, 6.45) is 5.99. The van der Waals surface area contributed by atoms with E-state index in [1.807, 2.05) is 30.3 Å². The van der Waals surface area contributed by atoms with Crippen LogP contribution in [-0.4, -0.2) is 30.6 Å². The van der Waals surface area contributed by atoms with Gasteiger partial charge in [-0.2, -0.15) is 0 Å². The minimum atomic E-state index is -0.0186. The Balaban J connectivity index is 1.45. The first-order valence-electron chi connectivity index (χ1n) is 9.67. The van der Waals surface area contributed by atoms with Gasteiger partial charge in [-0.25, -0.2) is 4.98 Å². The smallest absolute Gasteiger partial charge is 0.253 e. The number of hydrogen-bond acceptors (Lipinski definition) is 5. The summed E-state index contributed by atoms with van der Waals surface area (Å²) in [6, 6.07) is 9.55. The number of anilines is 3. The van der Waals surface area contributed by atoms with E-state index in [0.717, 1.165) is 61.7 Å². The number of hydrogen-bond donors (Lipinski definition) is 3. The van der Waals surface area contributed by atoms with Crippen molar-refractivity contribution in [2.24, 2.45) is 5.92 Å². The molecule has 1 aromatic carbocycles. The molecule has 0 radical (unpaired) electrons. The van der Waals surface area contributed by atoms with Gasteiger partial charge in [0.2, 0.25) is 0 Å². The quantitative estimate of drug-likeness (QED) is 0.682. The minimum absolute atomic E-state index is 0.0186. The van der Waals surface area contributed by atoms with Crippen LogP contribution in [0.5, 0.6) is 0 Å². The highest BCUT2D eigenvalue weighted by Gasteiger charge is 2.29. The number of benzene rings is 1. The van der Waals surface area contributed by atoms with Crippen molar-refractivity contribution in [1.29, 1.82) is 0 Å². The molecule has 4 N–H and O–H groups in total. The number of rotatable bonds is 6. The standard InChI is InChI=1S/C21H26N4O2/c22-16-3-5-17(6-4-16)25-20-11-18(15-1-2-15)19(13-23-20)21(26)24-12-14-7-9-27-10-8-14/h3-6,11,13-15H,1-2,7-10,12,22H2,(H,23,25)(H,24,26). The van der Waals surface area contributed by atoms with Crippen LogP contribution in [0.3, 0.4) is 0 Å². The molecule has 1 amide bonds. The van der Waals surface area contributed by atoms with Gasteiger partial charge >= 0.3 is 0 Å². The third-order valence-corrected chi connectivity index (χ3v) is 5.27. The molecule has 1 aliphatic carbocycles. The van der Waals surface area contributed by atoms with Gasteiger partial charge in [0.1, 0.15) is 5.82 Å². The third kappa shape index (κ3) is 4.57. The van der Waals surface area contributed by atoms with Crippen LogP contribution in [0.2, 0.25) is 0 Å². The van der Waals surface area contributed by atoms with Gasteiger partial charge in [-0.1, -0.05) is 0 Å². The first-order valence-corrected chi connectivity index (χ1v) is 9.67. The average molecular weight is 366 g/mol. The minimum Gasteiger partial charge on any atom is -0.399 e. The van der Waals surface area contributed by atoms with Gasteiger partial charge < -0.3 is 21.1 Å². The van der Waals surface area contributed by atoms with Crippen molar-refractivity contribution in [3.8, 4) is 0 Å². The fraction of sp³-hybridized carbons (Fsp3) is 0.429. The van der Waals surface area contributed by atoms with Crippen molar-refractivity contribution in [3.63, 3.8) is 0 Å². The first-order chi connectivity index (χ1) is 13.2. The van der Waals surface area contributed by atoms with E-state index in [0.29, 0.717) is 23.9 Å². The lowest BCUT2D eigenvalue weighted by atomic mass is 10.00. The molecule has 6 nitrogen and oxygen atoms in total. The van der Waals surface area contributed by atoms with E-state index in [4.69, 9.17) is 10.5 Å². The molecule has 2 heterocycles. The second kappa shape index (κ2) is 7.96. The number of ether oxygens (including phenoxy) is 1. The molecule has 2 aliphatic rings. The number of aromatic nitrogens is 1. The van der Waals surface area contributed by atoms with Crippen LogP contribution in [0.15, 0.2) is 36.5 Å². The Bertz CT molecular complexity index is 796. The highest BCUT2D eigenvalue weighted by Crippen LogP contribution is 2.42. The van der Waals surface area contributed by atoms with Crippen molar-refractivity contribution < 1.29 is 9.53 Å². The molecule has 0 unspecified atom stereocenters. The number of carbonyl (C=O) groups excluding carboxylic acids is 1. The zero-order chi connectivity index (χ0) is 18.6. The molecule has 1 aliphatic heterocycles. The Labute approximate surface area is 159 Å². The number of nitrogen functional groups attached to an aromatic ring is 1. The summed E-state index contributed by atoms with van der Waals surface area (Å²) in [6.45, 7) is 2.29. The Kier molecular flexibility index (Phi) is 5.25. The first kappa shape index (κ1) is 17.8. The van der Waals surface area contributed by atoms with Crippen LogP contribution in [0.4, 0.5) is 17.2 Å². The fourth-order valence-electron chi connectivity index (χ4n) is 3.46. The maximum absolute atomic E-state index is 12.7. The van der Waals surface area contributed by atoms with Crippen molar-refractivity contribution in [2.45, 2.75) is 31.6 Å². The molecule has 0 atom stereocenters. The topological polar surface area (TPSA) is 89.3 Å². The molecule has 1 aromatic heterocycles. The maximum Gasteiger partial charge on any atom is 0.253 e. The maximum atomic E-state index is 12.7. The molecule has 27 heavy (non-hydrogen) atoms. The SMILES string of the molecule is Nc1ccc(Nc2cc(C3CC3)c(C(=O)NCC3CCOCC3)cn2)cc1. The molecule has 6 heteroatoms. The van der Waals surface area contributed by atoms with Gasteiger partial charge in [-0.05, 0) is 73.4 Å². The van der Waals surface area contributed by atoms with Crippen LogP contribution in [0.1, 0.15) is 47.5 Å². The van der Waals surface area contributed by atoms with E-state index in [-0.39, 0.29) is 5.91 Å². The zero-order valence-corrected chi connectivity index (χ0v) is 15.4. The van der Waals surface area contributed by atoms with Crippen molar-refractivity contribution in [2.75, 3.05) is 30.8 Å². The fourth-order valence-corrected chi connectivity index (χ4v) is 3.46. The summed E-state index contributed by atoms with van der Waals surface area (Å²) in [5.74, 6) is 1.70. The molecular formula is C21H26N4O2. The molecule has 0 spiro atoms. The van der Waals surface area contributed by atoms with Gasteiger partial charge in [0.25, 0.3) is 5.91 Å². The van der Waals surface area contributed by atoms with E-state index in [1.54, 1.807) is 6.20 Å². The Hall–Kier alpha value is -2.60. The molecular weight excluding hydrogens is 340 g/mol. The van der Waals surface area contributed by atoms with Crippen LogP contribution in [0.25, 0.3) is 0 Å². The summed E-state index contributed by atoms with van der Waals surface area (Å²) in [4.78, 5) is 17.2. The van der Waals surface area contributed by atoms with Crippen molar-refractivity contribution in [1.82, 2.24) is 10.3 Å². The molecule has 4 rings (SSSR count). The molecule has 1 saturated carbocycles. The third-order valence-electron chi connectivity index (χ3n) is 5.27. The van der Waals surface area contributed by atoms with Crippen LogP contribution >= 0.6 is 0 Å². The number of nitrogens with two attached hydrogens (primary N) is 1. The van der Waals surface area contributed by atoms with Crippen LogP contribution in [-0.2, 0) is 4.74 Å². The van der Waals surface area contributed by atoms with E-state index >= 15 is 0 Å².